The van der Waals surface area contributed by atoms with Gasteiger partial charge in [-0.1, -0.05) is 42.0 Å². The van der Waals surface area contributed by atoms with Gasteiger partial charge < -0.3 is 5.73 Å². The number of thioether (sulfide) groups is 1. The molecule has 1 aliphatic carbocycles. The normalized spacial score (nSPS) is 17.1. The van der Waals surface area contributed by atoms with E-state index < -0.39 is 10.8 Å². The number of hydrogen-bond donors (Lipinski definition) is 1. The molecule has 0 saturated heterocycles. The molecule has 202 valence electrons. The van der Waals surface area contributed by atoms with Crippen molar-refractivity contribution in [3.05, 3.63) is 121 Å². The fraction of sp³-hybridized carbons (Fsp3) is 0.250. The van der Waals surface area contributed by atoms with E-state index >= 15 is 0 Å². The van der Waals surface area contributed by atoms with Crippen molar-refractivity contribution in [3.63, 3.8) is 0 Å². The summed E-state index contributed by atoms with van der Waals surface area (Å²) in [7, 11) is 0. The number of anilines is 1. The van der Waals surface area contributed by atoms with E-state index in [0.717, 1.165) is 33.7 Å². The number of nitro benzene ring substituents is 1. The molecule has 0 aromatic heterocycles. The summed E-state index contributed by atoms with van der Waals surface area (Å²) < 4.78 is 0. The summed E-state index contributed by atoms with van der Waals surface area (Å²) in [5.74, 6) is 0.348. The molecule has 0 amide bonds. The lowest BCUT2D eigenvalue weighted by molar-refractivity contribution is -0.384. The molecule has 1 atom stereocenters. The second kappa shape index (κ2) is 11.0. The van der Waals surface area contributed by atoms with E-state index in [0.29, 0.717) is 30.5 Å². The Balaban J connectivity index is 1.65. The first-order chi connectivity index (χ1) is 19.2. The third-order valence-electron chi connectivity index (χ3n) is 7.70. The third kappa shape index (κ3) is 4.89. The summed E-state index contributed by atoms with van der Waals surface area (Å²) in [6, 6.07) is 21.0. The van der Waals surface area contributed by atoms with Crippen LogP contribution >= 0.6 is 11.8 Å². The number of nitriles is 1. The van der Waals surface area contributed by atoms with Crippen LogP contribution in [0, 0.1) is 42.2 Å². The van der Waals surface area contributed by atoms with Gasteiger partial charge in [-0.3, -0.25) is 19.8 Å². The predicted molar refractivity (Wildman–Crippen MR) is 158 cm³/mol. The van der Waals surface area contributed by atoms with E-state index in [9.17, 15) is 20.2 Å². The van der Waals surface area contributed by atoms with Crippen molar-refractivity contribution in [2.24, 2.45) is 5.73 Å². The van der Waals surface area contributed by atoms with Crippen LogP contribution in [0.15, 0.2) is 88.2 Å². The van der Waals surface area contributed by atoms with E-state index in [1.807, 2.05) is 26.0 Å². The van der Waals surface area contributed by atoms with E-state index in [1.165, 1.54) is 22.6 Å². The summed E-state index contributed by atoms with van der Waals surface area (Å²) in [4.78, 5) is 27.5. The molecule has 2 aliphatic rings. The number of nitrogens with two attached hydrogens (primary N) is 1. The second-order valence-corrected chi connectivity index (χ2v) is 11.3. The van der Waals surface area contributed by atoms with Crippen molar-refractivity contribution in [3.8, 4) is 6.07 Å². The van der Waals surface area contributed by atoms with E-state index in [-0.39, 0.29) is 22.9 Å². The monoisotopic (exact) mass is 550 g/mol. The third-order valence-corrected chi connectivity index (χ3v) is 8.92. The first-order valence-electron chi connectivity index (χ1n) is 13.2. The number of Topliss-reactive ketones (excluding diaryl/α,β-unsaturated/α-hetero) is 1. The predicted octanol–water partition coefficient (Wildman–Crippen LogP) is 7.12. The number of aryl methyl sites for hydroxylation is 2. The zero-order valence-electron chi connectivity index (χ0n) is 22.7. The minimum absolute atomic E-state index is 0.0151. The van der Waals surface area contributed by atoms with E-state index in [1.54, 1.807) is 28.8 Å². The molecule has 0 radical (unpaired) electrons. The number of benzene rings is 3. The topological polar surface area (TPSA) is 113 Å². The maximum absolute atomic E-state index is 13.6. The van der Waals surface area contributed by atoms with Crippen LogP contribution in [0.25, 0.3) is 0 Å². The number of ketones is 1. The molecular formula is C32H30N4O3S. The van der Waals surface area contributed by atoms with Crippen LogP contribution in [0.3, 0.4) is 0 Å². The van der Waals surface area contributed by atoms with Crippen LogP contribution in [-0.2, 0) is 10.5 Å². The molecule has 0 fully saturated rings. The molecule has 0 bridgehead atoms. The number of carbonyl (C=O) groups is 1. The lowest BCUT2D eigenvalue weighted by Gasteiger charge is -2.40. The number of nitrogens with zero attached hydrogens (tertiary/aromatic N) is 3. The first kappa shape index (κ1) is 27.2. The molecule has 3 aromatic carbocycles. The molecule has 1 aliphatic heterocycles. The van der Waals surface area contributed by atoms with Crippen molar-refractivity contribution < 1.29 is 9.72 Å². The summed E-state index contributed by atoms with van der Waals surface area (Å²) in [6.45, 7) is 6.18. The highest BCUT2D eigenvalue weighted by atomic mass is 32.2. The average molecular weight is 551 g/mol. The molecule has 5 rings (SSSR count). The fourth-order valence-electron chi connectivity index (χ4n) is 5.73. The van der Waals surface area contributed by atoms with Crippen LogP contribution in [-0.4, -0.2) is 10.7 Å². The summed E-state index contributed by atoms with van der Waals surface area (Å²) in [5.41, 5.74) is 14.0. The van der Waals surface area contributed by atoms with Gasteiger partial charge in [-0.2, -0.15) is 5.26 Å². The smallest absolute Gasteiger partial charge is 0.271 e. The number of rotatable bonds is 6. The van der Waals surface area contributed by atoms with Crippen LogP contribution in [0.1, 0.15) is 53.0 Å². The SMILES string of the molecule is Cc1cc(CSc2ccccc2C)c(C)c(C2C(C#N)=C(N)N(c3cccc([N+](=O)[O-])c3)C3=C2C(=O)CCC3)c1. The van der Waals surface area contributed by atoms with Gasteiger partial charge in [0.2, 0.25) is 0 Å². The average Bonchev–Trinajstić information content (AvgIpc) is 2.93. The first-order valence-corrected chi connectivity index (χ1v) is 14.2. The summed E-state index contributed by atoms with van der Waals surface area (Å²) in [6.07, 6.45) is 1.62. The Morgan fingerprint density at radius 1 is 1.10 bits per heavy atom. The van der Waals surface area contributed by atoms with Gasteiger partial charge in [0.25, 0.3) is 5.69 Å². The minimum Gasteiger partial charge on any atom is -0.384 e. The van der Waals surface area contributed by atoms with Crippen LogP contribution < -0.4 is 10.6 Å². The van der Waals surface area contributed by atoms with Crippen LogP contribution in [0.4, 0.5) is 11.4 Å². The van der Waals surface area contributed by atoms with Gasteiger partial charge in [-0.15, -0.1) is 11.8 Å². The lowest BCUT2D eigenvalue weighted by atomic mass is 9.73. The van der Waals surface area contributed by atoms with Crippen molar-refractivity contribution >= 4 is 28.9 Å². The maximum Gasteiger partial charge on any atom is 0.271 e. The van der Waals surface area contributed by atoms with E-state index in [4.69, 9.17) is 5.73 Å². The number of hydrogen-bond acceptors (Lipinski definition) is 7. The van der Waals surface area contributed by atoms with Gasteiger partial charge in [0, 0.05) is 40.5 Å². The Morgan fingerprint density at radius 3 is 2.60 bits per heavy atom. The molecular weight excluding hydrogens is 520 g/mol. The number of nitro groups is 1. The number of non-ortho nitro benzene ring substituents is 1. The fourth-order valence-corrected chi connectivity index (χ4v) is 6.81. The van der Waals surface area contributed by atoms with Crippen molar-refractivity contribution in [2.75, 3.05) is 4.90 Å². The Hall–Kier alpha value is -4.35. The largest absolute Gasteiger partial charge is 0.384 e. The zero-order valence-corrected chi connectivity index (χ0v) is 23.5. The Kier molecular flexibility index (Phi) is 7.51. The molecule has 3 aromatic rings. The van der Waals surface area contributed by atoms with Gasteiger partial charge in [-0.25, -0.2) is 0 Å². The summed E-state index contributed by atoms with van der Waals surface area (Å²) in [5, 5.41) is 21.9. The highest BCUT2D eigenvalue weighted by Crippen LogP contribution is 2.48. The molecule has 1 heterocycles. The molecule has 7 nitrogen and oxygen atoms in total. The quantitative estimate of drug-likeness (QED) is 0.197. The van der Waals surface area contributed by atoms with Crippen LogP contribution in [0.2, 0.25) is 0 Å². The van der Waals surface area contributed by atoms with Gasteiger partial charge in [0.1, 0.15) is 5.82 Å². The molecule has 0 saturated carbocycles. The van der Waals surface area contributed by atoms with Gasteiger partial charge in [0.15, 0.2) is 5.78 Å². The Labute approximate surface area is 238 Å². The number of allylic oxidation sites excluding steroid dienone is 3. The van der Waals surface area contributed by atoms with Crippen LogP contribution in [0.5, 0.6) is 0 Å². The van der Waals surface area contributed by atoms with Gasteiger partial charge in [-0.05, 0) is 68.0 Å². The minimum atomic E-state index is -0.593. The maximum atomic E-state index is 13.6. The molecule has 1 unspecified atom stereocenters. The molecule has 0 spiro atoms. The molecule has 2 N–H and O–H groups in total. The molecule has 8 heteroatoms. The number of carbonyl (C=O) groups excluding carboxylic acids is 1. The highest BCUT2D eigenvalue weighted by Gasteiger charge is 2.41. The Morgan fingerprint density at radius 2 is 1.88 bits per heavy atom. The van der Waals surface area contributed by atoms with Gasteiger partial charge in [0.05, 0.1) is 28.2 Å². The van der Waals surface area contributed by atoms with Crippen molar-refractivity contribution in [1.82, 2.24) is 0 Å². The Bertz CT molecular complexity index is 1650. The van der Waals surface area contributed by atoms with E-state index in [2.05, 4.69) is 37.3 Å². The van der Waals surface area contributed by atoms with Crippen molar-refractivity contribution in [1.29, 1.82) is 5.26 Å². The molecule has 40 heavy (non-hydrogen) atoms. The van der Waals surface area contributed by atoms with Gasteiger partial charge >= 0.3 is 0 Å². The summed E-state index contributed by atoms with van der Waals surface area (Å²) >= 11 is 1.77. The second-order valence-electron chi connectivity index (χ2n) is 10.3. The zero-order chi connectivity index (χ0) is 28.6. The van der Waals surface area contributed by atoms with Crippen molar-refractivity contribution in [2.45, 2.75) is 56.6 Å². The highest BCUT2D eigenvalue weighted by molar-refractivity contribution is 7.98. The lowest BCUT2D eigenvalue weighted by Crippen LogP contribution is -2.39. The standard InChI is InChI=1S/C32H30N4O3S/c1-19-14-22(18-40-29-13-5-4-8-20(29)2)21(3)25(15-19)30-26(17-33)32(34)35(27-11-7-12-28(37)31(27)30)23-9-6-10-24(16-23)36(38)39/h4-6,8-10,13-16,30H,7,11-12,18,34H2,1-3H3.